The lowest BCUT2D eigenvalue weighted by Gasteiger charge is -2.37. The highest BCUT2D eigenvalue weighted by Gasteiger charge is 2.34. The number of carbonyl (C=O) groups is 2. The third-order valence-corrected chi connectivity index (χ3v) is 9.26. The quantitative estimate of drug-likeness (QED) is 0.105. The van der Waals surface area contributed by atoms with E-state index in [-0.39, 0.29) is 36.9 Å². The molecule has 0 spiro atoms. The Morgan fingerprint density at radius 1 is 0.745 bits per heavy atom. The Morgan fingerprint density at radius 3 is 1.92 bits per heavy atom. The van der Waals surface area contributed by atoms with Gasteiger partial charge < -0.3 is 10.2 Å². The van der Waals surface area contributed by atoms with E-state index in [0.717, 1.165) is 49.1 Å². The predicted octanol–water partition coefficient (Wildman–Crippen LogP) is 8.76. The van der Waals surface area contributed by atoms with E-state index in [0.29, 0.717) is 31.7 Å². The van der Waals surface area contributed by atoms with Crippen LogP contribution in [-0.2, 0) is 41.7 Å². The highest BCUT2D eigenvalue weighted by molar-refractivity contribution is 6.04. The van der Waals surface area contributed by atoms with Crippen LogP contribution in [0.1, 0.15) is 59.6 Å². The van der Waals surface area contributed by atoms with Gasteiger partial charge in [-0.1, -0.05) is 117 Å². The van der Waals surface area contributed by atoms with Crippen molar-refractivity contribution in [3.8, 4) is 0 Å². The Hall–Kier alpha value is -4.40. The zero-order chi connectivity index (χ0) is 35.3. The molecule has 1 fully saturated rings. The van der Waals surface area contributed by atoms with Gasteiger partial charge in [0.15, 0.2) is 0 Å². The predicted molar refractivity (Wildman–Crippen MR) is 200 cm³/mol. The van der Waals surface area contributed by atoms with Crippen LogP contribution in [0.4, 0.5) is 13.2 Å². The van der Waals surface area contributed by atoms with E-state index in [2.05, 4.69) is 41.4 Å². The van der Waals surface area contributed by atoms with E-state index < -0.39 is 23.6 Å². The summed E-state index contributed by atoms with van der Waals surface area (Å²) in [6, 6.07) is 32.6. The van der Waals surface area contributed by atoms with E-state index in [9.17, 15) is 22.8 Å². The number of carbonyl (C=O) groups excluding carboxylic acids is 2. The molecule has 5 nitrogen and oxygen atoms in total. The standard InChI is InChI=1S/C42H46F3N3O2.ClH/c1-2-3-6-11-32-16-18-35(19-17-32)30-46-40(49)38(28-34-20-22-37(23-21-34)42(43,44)45)39(29-33-12-7-4-8-13-33)41(50)48-26-24-47(25-27-48)31-36-14-9-5-10-15-36;/h4-5,7-10,12-23,28,39H,2-3,6,11,24-27,29-31H2,1H3,(H,46,49);1H/t39-;/m0./s1. The molecule has 1 atom stereocenters. The number of piperazine rings is 1. The minimum Gasteiger partial charge on any atom is -0.348 e. The molecule has 1 saturated heterocycles. The van der Waals surface area contributed by atoms with Crippen LogP contribution in [0, 0.1) is 5.92 Å². The lowest BCUT2D eigenvalue weighted by molar-refractivity contribution is -0.138. The first-order valence-corrected chi connectivity index (χ1v) is 17.5. The number of hydrogen-bond donors (Lipinski definition) is 1. The maximum atomic E-state index is 14.4. The average Bonchev–Trinajstić information content (AvgIpc) is 3.13. The van der Waals surface area contributed by atoms with Gasteiger partial charge in [0.05, 0.1) is 11.5 Å². The zero-order valence-corrected chi connectivity index (χ0v) is 29.9. The summed E-state index contributed by atoms with van der Waals surface area (Å²) in [5.74, 6) is -1.44. The average molecular weight is 718 g/mol. The number of halogens is 4. The van der Waals surface area contributed by atoms with Crippen molar-refractivity contribution in [2.75, 3.05) is 26.2 Å². The van der Waals surface area contributed by atoms with Gasteiger partial charge in [-0.3, -0.25) is 14.5 Å². The third kappa shape index (κ3) is 11.8. The fraction of sp³-hybridized carbons (Fsp3) is 0.333. The maximum Gasteiger partial charge on any atom is 0.416 e. The Bertz CT molecular complexity index is 1690. The van der Waals surface area contributed by atoms with Crippen LogP contribution < -0.4 is 5.32 Å². The van der Waals surface area contributed by atoms with Crippen molar-refractivity contribution in [3.63, 3.8) is 0 Å². The van der Waals surface area contributed by atoms with Crippen molar-refractivity contribution < 1.29 is 22.8 Å². The summed E-state index contributed by atoms with van der Waals surface area (Å²) in [6.45, 7) is 5.62. The molecule has 1 aliphatic heterocycles. The van der Waals surface area contributed by atoms with E-state index in [1.54, 1.807) is 6.08 Å². The molecular formula is C42H47ClF3N3O2. The molecule has 270 valence electrons. The Labute approximate surface area is 306 Å². The van der Waals surface area contributed by atoms with Gasteiger partial charge in [0.1, 0.15) is 0 Å². The second kappa shape index (κ2) is 19.3. The SMILES string of the molecule is CCCCCc1ccc(CNC(=O)C(=Cc2ccc(C(F)(F)F)cc2)[C@H](Cc2ccccc2)C(=O)N2CCN(Cc3ccccc3)CC2)cc1.Cl. The molecule has 0 bridgehead atoms. The largest absolute Gasteiger partial charge is 0.416 e. The number of hydrogen-bond acceptors (Lipinski definition) is 3. The number of alkyl halides is 3. The molecule has 0 aliphatic carbocycles. The Morgan fingerprint density at radius 2 is 1.33 bits per heavy atom. The van der Waals surface area contributed by atoms with Gasteiger partial charge >= 0.3 is 6.18 Å². The van der Waals surface area contributed by atoms with Gasteiger partial charge in [0.2, 0.25) is 11.8 Å². The van der Waals surface area contributed by atoms with Crippen molar-refractivity contribution in [2.24, 2.45) is 5.92 Å². The molecular weight excluding hydrogens is 671 g/mol. The summed E-state index contributed by atoms with van der Waals surface area (Å²) in [5, 5.41) is 3.02. The van der Waals surface area contributed by atoms with E-state index in [1.807, 2.05) is 65.6 Å². The molecule has 0 aromatic heterocycles. The molecule has 1 N–H and O–H groups in total. The molecule has 0 radical (unpaired) electrons. The number of amides is 2. The molecule has 4 aromatic carbocycles. The number of benzene rings is 4. The molecule has 5 rings (SSSR count). The third-order valence-electron chi connectivity index (χ3n) is 9.26. The summed E-state index contributed by atoms with van der Waals surface area (Å²) >= 11 is 0. The first-order chi connectivity index (χ1) is 24.2. The van der Waals surface area contributed by atoms with Crippen LogP contribution in [0.5, 0.6) is 0 Å². The van der Waals surface area contributed by atoms with E-state index in [4.69, 9.17) is 0 Å². The second-order valence-electron chi connectivity index (χ2n) is 13.0. The summed E-state index contributed by atoms with van der Waals surface area (Å²) in [5.41, 5.74) is 4.13. The smallest absolute Gasteiger partial charge is 0.348 e. The van der Waals surface area contributed by atoms with Gasteiger partial charge in [0.25, 0.3) is 0 Å². The molecule has 4 aromatic rings. The molecule has 2 amide bonds. The summed E-state index contributed by atoms with van der Waals surface area (Å²) in [4.78, 5) is 32.7. The van der Waals surface area contributed by atoms with Crippen molar-refractivity contribution >= 4 is 30.3 Å². The van der Waals surface area contributed by atoms with E-state index >= 15 is 0 Å². The maximum absolute atomic E-state index is 14.4. The van der Waals surface area contributed by atoms with Gasteiger partial charge in [-0.2, -0.15) is 13.2 Å². The van der Waals surface area contributed by atoms with Crippen LogP contribution in [0.25, 0.3) is 6.08 Å². The number of unbranched alkanes of at least 4 members (excludes halogenated alkanes) is 2. The van der Waals surface area contributed by atoms with Crippen molar-refractivity contribution in [1.29, 1.82) is 0 Å². The van der Waals surface area contributed by atoms with E-state index in [1.165, 1.54) is 29.7 Å². The summed E-state index contributed by atoms with van der Waals surface area (Å²) < 4.78 is 40.1. The van der Waals surface area contributed by atoms with Crippen molar-refractivity contribution in [2.45, 2.75) is 58.3 Å². The molecule has 1 aliphatic rings. The minimum absolute atomic E-state index is 0. The van der Waals surface area contributed by atoms with Crippen LogP contribution in [0.15, 0.2) is 115 Å². The molecule has 0 unspecified atom stereocenters. The number of nitrogens with zero attached hydrogens (tertiary/aromatic N) is 2. The summed E-state index contributed by atoms with van der Waals surface area (Å²) in [6.07, 6.45) is 1.83. The first-order valence-electron chi connectivity index (χ1n) is 17.5. The second-order valence-corrected chi connectivity index (χ2v) is 13.0. The van der Waals surface area contributed by atoms with Crippen molar-refractivity contribution in [3.05, 3.63) is 148 Å². The van der Waals surface area contributed by atoms with Crippen LogP contribution in [-0.4, -0.2) is 47.8 Å². The Kier molecular flexibility index (Phi) is 14.9. The number of rotatable bonds is 14. The topological polar surface area (TPSA) is 52.7 Å². The normalized spacial score (nSPS) is 14.4. The molecule has 1 heterocycles. The van der Waals surface area contributed by atoms with Crippen LogP contribution in [0.3, 0.4) is 0 Å². The van der Waals surface area contributed by atoms with Gasteiger partial charge in [0, 0.05) is 44.8 Å². The number of nitrogens with one attached hydrogen (secondary N) is 1. The molecule has 0 saturated carbocycles. The van der Waals surface area contributed by atoms with Gasteiger partial charge in [-0.15, -0.1) is 12.4 Å². The highest BCUT2D eigenvalue weighted by Crippen LogP contribution is 2.30. The van der Waals surface area contributed by atoms with Crippen LogP contribution >= 0.6 is 12.4 Å². The van der Waals surface area contributed by atoms with Crippen molar-refractivity contribution in [1.82, 2.24) is 15.1 Å². The summed E-state index contributed by atoms with van der Waals surface area (Å²) in [7, 11) is 0. The lowest BCUT2D eigenvalue weighted by Crippen LogP contribution is -2.51. The highest BCUT2D eigenvalue weighted by atomic mass is 35.5. The van der Waals surface area contributed by atoms with Crippen LogP contribution in [0.2, 0.25) is 0 Å². The zero-order valence-electron chi connectivity index (χ0n) is 29.1. The molecule has 9 heteroatoms. The van der Waals surface area contributed by atoms with Gasteiger partial charge in [-0.05, 0) is 65.3 Å². The first kappa shape index (κ1) is 39.4. The fourth-order valence-corrected chi connectivity index (χ4v) is 6.33. The van der Waals surface area contributed by atoms with Gasteiger partial charge in [-0.25, -0.2) is 0 Å². The molecule has 51 heavy (non-hydrogen) atoms. The fourth-order valence-electron chi connectivity index (χ4n) is 6.33. The number of aryl methyl sites for hydroxylation is 1. The Balaban J connectivity index is 0.00000583. The lowest BCUT2D eigenvalue weighted by atomic mass is 9.88. The monoisotopic (exact) mass is 717 g/mol. The minimum atomic E-state index is -4.48.